The molecule has 0 aromatic heterocycles. The first-order chi connectivity index (χ1) is 8.69. The second kappa shape index (κ2) is 7.36. The van der Waals surface area contributed by atoms with Gasteiger partial charge in [0, 0.05) is 6.54 Å². The molecule has 0 bridgehead atoms. The maximum absolute atomic E-state index is 12.0. The lowest BCUT2D eigenvalue weighted by atomic mass is 10.1. The molecule has 0 spiro atoms. The van der Waals surface area contributed by atoms with E-state index >= 15 is 0 Å². The van der Waals surface area contributed by atoms with E-state index < -0.39 is 0 Å². The maximum Gasteiger partial charge on any atom is 1.00 e. The van der Waals surface area contributed by atoms with Crippen molar-refractivity contribution < 1.29 is 28.1 Å². The summed E-state index contributed by atoms with van der Waals surface area (Å²) in [6.45, 7) is 1.89. The van der Waals surface area contributed by atoms with Crippen molar-refractivity contribution in [1.29, 1.82) is 0 Å². The molecule has 1 unspecified atom stereocenters. The molecule has 5 heteroatoms. The van der Waals surface area contributed by atoms with E-state index in [0.29, 0.717) is 11.3 Å². The Balaban J connectivity index is 0.00000180. The summed E-state index contributed by atoms with van der Waals surface area (Å²) >= 11 is 0. The third-order valence-electron chi connectivity index (χ3n) is 3.16. The van der Waals surface area contributed by atoms with E-state index in [1.807, 2.05) is 13.1 Å². The summed E-state index contributed by atoms with van der Waals surface area (Å²) in [5.74, 6) is 0.402. The highest BCUT2D eigenvalue weighted by Gasteiger charge is 2.21. The Hall–Kier alpha value is -1.26. The summed E-state index contributed by atoms with van der Waals surface area (Å²) in [5.41, 5.74) is 0.544. The summed E-state index contributed by atoms with van der Waals surface area (Å²) in [4.78, 5) is 14.2. The number of benzene rings is 1. The van der Waals surface area contributed by atoms with Crippen molar-refractivity contribution in [2.75, 3.05) is 27.2 Å². The zero-order chi connectivity index (χ0) is 13.0. The molecular formula is C14H20ClNO3. The summed E-state index contributed by atoms with van der Waals surface area (Å²) in [6, 6.07) is 7.06. The van der Waals surface area contributed by atoms with Crippen molar-refractivity contribution in [3.63, 3.8) is 0 Å². The van der Waals surface area contributed by atoms with E-state index in [1.54, 1.807) is 25.3 Å². The van der Waals surface area contributed by atoms with Crippen LogP contribution in [0.3, 0.4) is 0 Å². The highest BCUT2D eigenvalue weighted by molar-refractivity contribution is 5.90. The summed E-state index contributed by atoms with van der Waals surface area (Å²) in [6.07, 6.45) is 2.02. The first kappa shape index (κ1) is 15.8. The van der Waals surface area contributed by atoms with Gasteiger partial charge in [-0.05, 0) is 44.6 Å². The van der Waals surface area contributed by atoms with Crippen molar-refractivity contribution in [2.24, 2.45) is 0 Å². The fourth-order valence-corrected chi connectivity index (χ4v) is 2.18. The van der Waals surface area contributed by atoms with Gasteiger partial charge in [-0.1, -0.05) is 6.07 Å². The predicted octanol–water partition coefficient (Wildman–Crippen LogP) is -0.937. The van der Waals surface area contributed by atoms with Crippen LogP contribution in [-0.4, -0.2) is 44.2 Å². The van der Waals surface area contributed by atoms with Crippen LogP contribution in [0.25, 0.3) is 0 Å². The number of piperidine rings is 1. The van der Waals surface area contributed by atoms with Crippen molar-refractivity contribution in [1.82, 2.24) is 4.90 Å². The van der Waals surface area contributed by atoms with Gasteiger partial charge in [-0.25, -0.2) is 4.79 Å². The molecule has 2 rings (SSSR count). The lowest BCUT2D eigenvalue weighted by Gasteiger charge is -2.29. The molecule has 4 nitrogen and oxygen atoms in total. The lowest BCUT2D eigenvalue weighted by molar-refractivity contribution is -0.0000823. The Morgan fingerprint density at radius 3 is 2.95 bits per heavy atom. The minimum absolute atomic E-state index is 0. The molecule has 1 atom stereocenters. The molecule has 0 aliphatic carbocycles. The fourth-order valence-electron chi connectivity index (χ4n) is 2.18. The minimum atomic E-state index is -0.269. The minimum Gasteiger partial charge on any atom is -1.00 e. The number of ether oxygens (including phenoxy) is 2. The molecule has 1 aliphatic rings. The monoisotopic (exact) mass is 285 g/mol. The van der Waals surface area contributed by atoms with Gasteiger partial charge in [0.25, 0.3) is 0 Å². The summed E-state index contributed by atoms with van der Waals surface area (Å²) in [5, 5.41) is 0. The summed E-state index contributed by atoms with van der Waals surface area (Å²) in [7, 11) is 3.63. The molecule has 0 amide bonds. The van der Waals surface area contributed by atoms with Crippen LogP contribution in [0.15, 0.2) is 24.3 Å². The molecule has 106 valence electrons. The second-order valence-electron chi connectivity index (χ2n) is 4.66. The number of likely N-dealkylation sites (N-methyl/N-ethyl adjacent to an activating group) is 1. The number of methoxy groups -OCH3 is 1. The normalized spacial score (nSPS) is 19.4. The number of carbonyl (C=O) groups excluding carboxylic acids is 1. The van der Waals surface area contributed by atoms with Gasteiger partial charge in [0.05, 0.1) is 12.7 Å². The Morgan fingerprint density at radius 2 is 2.26 bits per heavy atom. The number of likely N-dealkylation sites (tertiary alicyclic amines) is 1. The molecule has 1 aromatic carbocycles. The van der Waals surface area contributed by atoms with Crippen LogP contribution in [0, 0.1) is 0 Å². The molecule has 1 fully saturated rings. The van der Waals surface area contributed by atoms with Crippen LogP contribution in [0.1, 0.15) is 24.6 Å². The maximum atomic E-state index is 12.0. The van der Waals surface area contributed by atoms with E-state index in [-0.39, 0.29) is 25.9 Å². The van der Waals surface area contributed by atoms with Crippen LogP contribution >= 0.6 is 0 Å². The Morgan fingerprint density at radius 1 is 1.47 bits per heavy atom. The topological polar surface area (TPSA) is 38.8 Å². The molecular weight excluding hydrogens is 266 g/mol. The molecule has 0 saturated carbocycles. The molecule has 1 heterocycles. The zero-order valence-corrected chi connectivity index (χ0v) is 12.0. The molecule has 1 aromatic rings. The number of carbonyl (C=O) groups is 1. The third kappa shape index (κ3) is 4.40. The van der Waals surface area contributed by atoms with Crippen LogP contribution in [-0.2, 0) is 4.74 Å². The average Bonchev–Trinajstić information content (AvgIpc) is 2.39. The van der Waals surface area contributed by atoms with E-state index in [0.717, 1.165) is 25.9 Å². The quantitative estimate of drug-likeness (QED) is 0.672. The van der Waals surface area contributed by atoms with Gasteiger partial charge in [0.1, 0.15) is 11.9 Å². The van der Waals surface area contributed by atoms with Gasteiger partial charge in [-0.2, -0.15) is 0 Å². The van der Waals surface area contributed by atoms with Gasteiger partial charge < -0.3 is 26.8 Å². The van der Waals surface area contributed by atoms with Gasteiger partial charge in [-0.3, -0.25) is 0 Å². The Kier molecular flexibility index (Phi) is 6.12. The highest BCUT2D eigenvalue weighted by Crippen LogP contribution is 2.17. The fraction of sp³-hybridized carbons (Fsp3) is 0.500. The van der Waals surface area contributed by atoms with Crippen molar-refractivity contribution >= 4 is 5.97 Å². The van der Waals surface area contributed by atoms with Gasteiger partial charge in [-0.15, -0.1) is 0 Å². The number of esters is 1. The standard InChI is InChI=1S/C14H19NO3.ClH/c1-15-8-4-7-13(10-15)18-14(16)11-5-3-6-12(9-11)17-2;/h3,5-6,9,13H,4,7-8,10H2,1-2H3;1H. The molecule has 1 saturated heterocycles. The highest BCUT2D eigenvalue weighted by atomic mass is 35.5. The first-order valence-corrected chi connectivity index (χ1v) is 6.22. The van der Waals surface area contributed by atoms with Gasteiger partial charge in [0.15, 0.2) is 0 Å². The smallest absolute Gasteiger partial charge is 1.00 e. The molecule has 0 radical (unpaired) electrons. The van der Waals surface area contributed by atoms with E-state index in [1.165, 1.54) is 0 Å². The predicted molar refractivity (Wildman–Crippen MR) is 70.0 cm³/mol. The average molecular weight is 286 g/mol. The van der Waals surface area contributed by atoms with Crippen molar-refractivity contribution in [3.8, 4) is 5.75 Å². The zero-order valence-electron chi connectivity index (χ0n) is 12.3. The Labute approximate surface area is 121 Å². The van der Waals surface area contributed by atoms with Crippen molar-refractivity contribution in [3.05, 3.63) is 29.8 Å². The third-order valence-corrected chi connectivity index (χ3v) is 3.16. The van der Waals surface area contributed by atoms with E-state index in [9.17, 15) is 4.79 Å². The van der Waals surface area contributed by atoms with Gasteiger partial charge in [0.2, 0.25) is 0 Å². The molecule has 0 N–H and O–H groups in total. The number of rotatable bonds is 3. The van der Waals surface area contributed by atoms with E-state index in [2.05, 4.69) is 4.90 Å². The second-order valence-corrected chi connectivity index (χ2v) is 4.66. The number of hydrogen-bond acceptors (Lipinski definition) is 4. The number of nitrogens with zero attached hydrogens (tertiary/aromatic N) is 1. The van der Waals surface area contributed by atoms with Gasteiger partial charge >= 0.3 is 7.40 Å². The van der Waals surface area contributed by atoms with Crippen LogP contribution in [0.5, 0.6) is 5.75 Å². The lowest BCUT2D eigenvalue weighted by Crippen LogP contribution is -3.00. The first-order valence-electron chi connectivity index (χ1n) is 6.22. The van der Waals surface area contributed by atoms with E-state index in [4.69, 9.17) is 9.47 Å². The Bertz CT molecular complexity index is 431. The largest absolute Gasteiger partial charge is 1.00 e. The van der Waals surface area contributed by atoms with Crippen LogP contribution in [0.4, 0.5) is 0 Å². The number of halogens is 1. The molecule has 1 aliphatic heterocycles. The van der Waals surface area contributed by atoms with Crippen LogP contribution in [0.2, 0.25) is 0 Å². The SMILES string of the molecule is COc1cccc(C(=O)OC2CCCN(C)C2)c1.[Cl-].[H+]. The number of hydrogen-bond donors (Lipinski definition) is 0. The molecule has 19 heavy (non-hydrogen) atoms. The summed E-state index contributed by atoms with van der Waals surface area (Å²) < 4.78 is 10.6. The van der Waals surface area contributed by atoms with Crippen LogP contribution < -0.4 is 17.1 Å². The van der Waals surface area contributed by atoms with Crippen molar-refractivity contribution in [2.45, 2.75) is 18.9 Å².